The summed E-state index contributed by atoms with van der Waals surface area (Å²) in [6.45, 7) is 4.25. The third-order valence-corrected chi connectivity index (χ3v) is 5.14. The second-order valence-electron chi connectivity index (χ2n) is 7.10. The monoisotopic (exact) mass is 317 g/mol. The van der Waals surface area contributed by atoms with Gasteiger partial charge >= 0.3 is 0 Å². The first-order valence-corrected chi connectivity index (χ1v) is 8.62. The van der Waals surface area contributed by atoms with E-state index in [2.05, 4.69) is 20.1 Å². The van der Waals surface area contributed by atoms with Crippen molar-refractivity contribution >= 4 is 11.8 Å². The Bertz CT molecular complexity index is 636. The van der Waals surface area contributed by atoms with Crippen LogP contribution in [0.2, 0.25) is 0 Å². The molecule has 1 aliphatic carbocycles. The number of aryl methyl sites for hydroxylation is 1. The molecule has 0 aromatic carbocycles. The first-order chi connectivity index (χ1) is 11.1. The van der Waals surface area contributed by atoms with Gasteiger partial charge in [0.25, 0.3) is 0 Å². The summed E-state index contributed by atoms with van der Waals surface area (Å²) in [7, 11) is 0. The minimum Gasteiger partial charge on any atom is -0.346 e. The Morgan fingerprint density at radius 3 is 3.00 bits per heavy atom. The lowest BCUT2D eigenvalue weighted by atomic mass is 10.1. The number of carbonyl (C=O) groups is 2. The van der Waals surface area contributed by atoms with Gasteiger partial charge < -0.3 is 14.8 Å². The van der Waals surface area contributed by atoms with Crippen LogP contribution in [-0.2, 0) is 22.6 Å². The zero-order valence-electron chi connectivity index (χ0n) is 13.5. The average Bonchev–Trinajstić information content (AvgIpc) is 2.91. The highest BCUT2D eigenvalue weighted by molar-refractivity contribution is 5.89. The van der Waals surface area contributed by atoms with Gasteiger partial charge in [-0.25, -0.2) is 0 Å². The van der Waals surface area contributed by atoms with Crippen molar-refractivity contribution in [1.82, 2.24) is 25.0 Å². The molecule has 0 unspecified atom stereocenters. The van der Waals surface area contributed by atoms with Crippen LogP contribution in [-0.4, -0.2) is 44.6 Å². The zero-order chi connectivity index (χ0) is 16.0. The molecule has 0 spiro atoms. The van der Waals surface area contributed by atoms with Gasteiger partial charge in [0, 0.05) is 32.5 Å². The quantitative estimate of drug-likeness (QED) is 0.865. The van der Waals surface area contributed by atoms with Crippen molar-refractivity contribution < 1.29 is 9.59 Å². The van der Waals surface area contributed by atoms with Crippen LogP contribution in [0.4, 0.5) is 0 Å². The van der Waals surface area contributed by atoms with Gasteiger partial charge in [0.05, 0.1) is 12.0 Å². The maximum absolute atomic E-state index is 12.5. The highest BCUT2D eigenvalue weighted by Crippen LogP contribution is 2.32. The van der Waals surface area contributed by atoms with Crippen molar-refractivity contribution in [3.05, 3.63) is 11.6 Å². The van der Waals surface area contributed by atoms with Gasteiger partial charge in [0.2, 0.25) is 11.8 Å². The predicted molar refractivity (Wildman–Crippen MR) is 82.3 cm³/mol. The van der Waals surface area contributed by atoms with Crippen LogP contribution >= 0.6 is 0 Å². The van der Waals surface area contributed by atoms with Crippen LogP contribution in [0.3, 0.4) is 0 Å². The van der Waals surface area contributed by atoms with E-state index in [0.29, 0.717) is 18.9 Å². The van der Waals surface area contributed by atoms with E-state index in [1.54, 1.807) is 0 Å². The number of rotatable bonds is 5. The summed E-state index contributed by atoms with van der Waals surface area (Å²) < 4.78 is 2.10. The molecule has 0 radical (unpaired) electrons. The molecule has 23 heavy (non-hydrogen) atoms. The summed E-state index contributed by atoms with van der Waals surface area (Å²) in [6.07, 6.45) is 4.82. The van der Waals surface area contributed by atoms with Crippen molar-refractivity contribution in [3.8, 4) is 0 Å². The third-order valence-electron chi connectivity index (χ3n) is 5.14. The van der Waals surface area contributed by atoms with Crippen molar-refractivity contribution in [2.45, 2.75) is 51.6 Å². The molecule has 7 heteroatoms. The number of nitrogens with zero attached hydrogens (tertiary/aromatic N) is 4. The molecule has 3 aliphatic rings. The minimum absolute atomic E-state index is 0.0421. The summed E-state index contributed by atoms with van der Waals surface area (Å²) in [5.74, 6) is 2.34. The highest BCUT2D eigenvalue weighted by Gasteiger charge is 2.37. The Balaban J connectivity index is 1.36. The lowest BCUT2D eigenvalue weighted by molar-refractivity contribution is -0.129. The smallest absolute Gasteiger partial charge is 0.226 e. The Kier molecular flexibility index (Phi) is 3.58. The Morgan fingerprint density at radius 2 is 2.22 bits per heavy atom. The summed E-state index contributed by atoms with van der Waals surface area (Å²) in [4.78, 5) is 26.4. The molecule has 1 aromatic heterocycles. The van der Waals surface area contributed by atoms with E-state index >= 15 is 0 Å². The number of fused-ring (bicyclic) bond motifs is 1. The van der Waals surface area contributed by atoms with E-state index < -0.39 is 0 Å². The van der Waals surface area contributed by atoms with Gasteiger partial charge in [-0.15, -0.1) is 10.2 Å². The zero-order valence-corrected chi connectivity index (χ0v) is 13.5. The summed E-state index contributed by atoms with van der Waals surface area (Å²) in [5, 5.41) is 11.4. The fourth-order valence-electron chi connectivity index (χ4n) is 3.63. The maximum Gasteiger partial charge on any atom is 0.226 e. The van der Waals surface area contributed by atoms with Gasteiger partial charge in [-0.3, -0.25) is 9.59 Å². The number of nitrogens with one attached hydrogen (secondary N) is 1. The standard InChI is InChI=1S/C16H23N5O2/c1-10(15-19-18-13-3-2-6-21(13)15)17-16(23)12-7-14(22)20(9-12)8-11-4-5-11/h10-12H,2-9H2,1H3,(H,17,23)/t10-,12-/m0/s1. The van der Waals surface area contributed by atoms with E-state index in [1.807, 2.05) is 11.8 Å². The van der Waals surface area contributed by atoms with Gasteiger partial charge in [0.15, 0.2) is 5.82 Å². The van der Waals surface area contributed by atoms with E-state index in [4.69, 9.17) is 0 Å². The molecule has 2 amide bonds. The lowest BCUT2D eigenvalue weighted by Gasteiger charge is -2.18. The SMILES string of the molecule is C[C@H](NC(=O)[C@H]1CC(=O)N(CC2CC2)C1)c1nnc2n1CCC2. The predicted octanol–water partition coefficient (Wildman–Crippen LogP) is 0.660. The number of amides is 2. The van der Waals surface area contributed by atoms with Gasteiger partial charge in [-0.2, -0.15) is 0 Å². The normalized spacial score (nSPS) is 24.8. The van der Waals surface area contributed by atoms with Crippen molar-refractivity contribution in [1.29, 1.82) is 0 Å². The number of likely N-dealkylation sites (tertiary alicyclic amines) is 1. The molecule has 3 heterocycles. The topological polar surface area (TPSA) is 80.1 Å². The molecule has 2 fully saturated rings. The van der Waals surface area contributed by atoms with Crippen molar-refractivity contribution in [3.63, 3.8) is 0 Å². The molecule has 2 atom stereocenters. The van der Waals surface area contributed by atoms with E-state index in [0.717, 1.165) is 37.6 Å². The minimum atomic E-state index is -0.232. The molecule has 1 N–H and O–H groups in total. The van der Waals surface area contributed by atoms with E-state index in [-0.39, 0.29) is 23.8 Å². The first kappa shape index (κ1) is 14.7. The number of hydrogen-bond acceptors (Lipinski definition) is 4. The number of aromatic nitrogens is 3. The van der Waals surface area contributed by atoms with Crippen LogP contribution in [0.15, 0.2) is 0 Å². The van der Waals surface area contributed by atoms with Crippen LogP contribution in [0.5, 0.6) is 0 Å². The van der Waals surface area contributed by atoms with E-state index in [9.17, 15) is 9.59 Å². The number of carbonyl (C=O) groups excluding carboxylic acids is 2. The second kappa shape index (κ2) is 5.62. The van der Waals surface area contributed by atoms with Crippen LogP contribution in [0.25, 0.3) is 0 Å². The van der Waals surface area contributed by atoms with Crippen LogP contribution in [0.1, 0.15) is 50.3 Å². The molecule has 2 aliphatic heterocycles. The van der Waals surface area contributed by atoms with Gasteiger partial charge in [0.1, 0.15) is 5.82 Å². The Hall–Kier alpha value is -1.92. The van der Waals surface area contributed by atoms with Crippen LogP contribution < -0.4 is 5.32 Å². The second-order valence-corrected chi connectivity index (χ2v) is 7.10. The molecule has 1 aromatic rings. The summed E-state index contributed by atoms with van der Waals surface area (Å²) >= 11 is 0. The molecular formula is C16H23N5O2. The fourth-order valence-corrected chi connectivity index (χ4v) is 3.63. The van der Waals surface area contributed by atoms with Gasteiger partial charge in [-0.1, -0.05) is 0 Å². The molecular weight excluding hydrogens is 294 g/mol. The molecule has 1 saturated heterocycles. The third kappa shape index (κ3) is 2.84. The van der Waals surface area contributed by atoms with E-state index in [1.165, 1.54) is 12.8 Å². The van der Waals surface area contributed by atoms with Crippen LogP contribution in [0, 0.1) is 11.8 Å². The molecule has 124 valence electrons. The molecule has 1 saturated carbocycles. The molecule has 0 bridgehead atoms. The molecule has 7 nitrogen and oxygen atoms in total. The van der Waals surface area contributed by atoms with Crippen molar-refractivity contribution in [2.24, 2.45) is 11.8 Å². The Morgan fingerprint density at radius 1 is 1.39 bits per heavy atom. The molecule has 4 rings (SSSR count). The maximum atomic E-state index is 12.5. The van der Waals surface area contributed by atoms with Gasteiger partial charge in [-0.05, 0) is 32.1 Å². The summed E-state index contributed by atoms with van der Waals surface area (Å²) in [5.41, 5.74) is 0. The highest BCUT2D eigenvalue weighted by atomic mass is 16.2. The fraction of sp³-hybridized carbons (Fsp3) is 0.750. The first-order valence-electron chi connectivity index (χ1n) is 8.62. The lowest BCUT2D eigenvalue weighted by Crippen LogP contribution is -2.35. The van der Waals surface area contributed by atoms with Crippen molar-refractivity contribution in [2.75, 3.05) is 13.1 Å². The number of hydrogen-bond donors (Lipinski definition) is 1. The largest absolute Gasteiger partial charge is 0.346 e. The summed E-state index contributed by atoms with van der Waals surface area (Å²) in [6, 6.07) is -0.172. The Labute approximate surface area is 135 Å². The average molecular weight is 317 g/mol.